The van der Waals surface area contributed by atoms with E-state index in [0.29, 0.717) is 6.42 Å². The van der Waals surface area contributed by atoms with E-state index in [9.17, 15) is 22.9 Å². The molecule has 8 heteroatoms. The van der Waals surface area contributed by atoms with Crippen LogP contribution in [-0.4, -0.2) is 54.9 Å². The van der Waals surface area contributed by atoms with Crippen LogP contribution < -0.4 is 0 Å². The lowest BCUT2D eigenvalue weighted by Crippen LogP contribution is -2.55. The van der Waals surface area contributed by atoms with E-state index in [0.717, 1.165) is 19.3 Å². The molecule has 0 aliphatic heterocycles. The molecule has 0 fully saturated rings. The summed E-state index contributed by atoms with van der Waals surface area (Å²) in [6.07, 6.45) is 16.1. The zero-order chi connectivity index (χ0) is 22.0. The maximum atomic E-state index is 12.6. The van der Waals surface area contributed by atoms with Gasteiger partial charge < -0.3 is 9.66 Å². The third kappa shape index (κ3) is 15.0. The van der Waals surface area contributed by atoms with Crippen molar-refractivity contribution in [3.63, 3.8) is 0 Å². The molecule has 29 heavy (non-hydrogen) atoms. The monoisotopic (exact) mass is 437 g/mol. The Hall–Kier alpha value is -0.540. The maximum Gasteiger partial charge on any atom is 0.315 e. The second-order valence-corrected chi connectivity index (χ2v) is 9.00. The number of carbonyl (C=O) groups excluding carboxylic acids is 1. The van der Waals surface area contributed by atoms with Gasteiger partial charge in [-0.05, 0) is 13.3 Å². The molecule has 1 amide bonds. The zero-order valence-electron chi connectivity index (χ0n) is 18.6. The Bertz CT molecular complexity index is 511. The highest BCUT2D eigenvalue weighted by molar-refractivity contribution is 7.80. The van der Waals surface area contributed by atoms with Gasteiger partial charge in [0.2, 0.25) is 17.1 Å². The van der Waals surface area contributed by atoms with Gasteiger partial charge in [-0.15, -0.1) is 0 Å². The van der Waals surface area contributed by atoms with Gasteiger partial charge in [-0.25, -0.2) is 21.9 Å². The summed E-state index contributed by atoms with van der Waals surface area (Å²) in [7, 11) is -4.87. The van der Waals surface area contributed by atoms with Gasteiger partial charge in [-0.3, -0.25) is 0 Å². The molecule has 0 aliphatic carbocycles. The minimum absolute atomic E-state index is 0.0449. The van der Waals surface area contributed by atoms with Crippen molar-refractivity contribution in [2.75, 3.05) is 26.4 Å². The maximum absolute atomic E-state index is 12.6. The van der Waals surface area contributed by atoms with Crippen LogP contribution in [0.4, 0.5) is 0 Å². The first-order chi connectivity index (χ1) is 13.8. The topological polar surface area (TPSA) is 104 Å². The van der Waals surface area contributed by atoms with E-state index in [1.807, 2.05) is 0 Å². The smallest absolute Gasteiger partial charge is 0.315 e. The van der Waals surface area contributed by atoms with Crippen LogP contribution in [0.15, 0.2) is 0 Å². The van der Waals surface area contributed by atoms with Crippen LogP contribution in [0.2, 0.25) is 0 Å². The van der Waals surface area contributed by atoms with Crippen molar-refractivity contribution in [1.82, 2.24) is 0 Å². The lowest BCUT2D eigenvalue weighted by molar-refractivity contribution is -0.869. The second-order valence-electron chi connectivity index (χ2n) is 7.95. The highest BCUT2D eigenvalue weighted by Crippen LogP contribution is 2.16. The lowest BCUT2D eigenvalue weighted by Gasteiger charge is -2.34. The average molecular weight is 438 g/mol. The molecule has 1 atom stereocenters. The van der Waals surface area contributed by atoms with Crippen LogP contribution in [0.25, 0.3) is 0 Å². The first-order valence-corrected chi connectivity index (χ1v) is 12.7. The molecule has 0 aromatic heterocycles. The molecule has 0 saturated carbocycles. The van der Waals surface area contributed by atoms with E-state index in [4.69, 9.17) is 0 Å². The highest BCUT2D eigenvalue weighted by atomic mass is 32.3. The number of rotatable bonds is 20. The number of likely N-dealkylation sites (N-methyl/N-ethyl adjacent to an activating group) is 1. The Labute approximate surface area is 178 Å². The molecule has 0 radical (unpaired) electrons. The molecule has 0 aromatic rings. The summed E-state index contributed by atoms with van der Waals surface area (Å²) in [6.45, 7) is 3.45. The fourth-order valence-electron chi connectivity index (χ4n) is 3.58. The molecule has 0 spiro atoms. The van der Waals surface area contributed by atoms with Gasteiger partial charge in [-0.2, -0.15) is 0 Å². The van der Waals surface area contributed by atoms with Crippen LogP contribution in [0, 0.1) is 0 Å². The molecule has 0 saturated heterocycles. The van der Waals surface area contributed by atoms with E-state index in [1.165, 1.54) is 64.2 Å². The van der Waals surface area contributed by atoms with Gasteiger partial charge in [0.05, 0.1) is 19.6 Å². The summed E-state index contributed by atoms with van der Waals surface area (Å²) in [5, 5.41) is 9.24. The quantitative estimate of drug-likeness (QED) is 0.100. The summed E-state index contributed by atoms with van der Waals surface area (Å²) >= 11 is 0. The van der Waals surface area contributed by atoms with Crippen molar-refractivity contribution in [1.29, 1.82) is 0 Å². The molecule has 0 aliphatic rings. The molecule has 0 aromatic carbocycles. The molecule has 7 nitrogen and oxygen atoms in total. The molecule has 1 N–H and O–H groups in total. The standard InChI is InChI=1S/C21H43NO6S/c1-3-5-6-7-8-9-10-11-12-13-14-15-16-17-21(24)22(4-2,18-19-23)20-28-29(25,26)27/h23H,3-20H2,1-2H3. The van der Waals surface area contributed by atoms with Gasteiger partial charge in [0.1, 0.15) is 6.54 Å². The van der Waals surface area contributed by atoms with E-state index in [2.05, 4.69) is 11.1 Å². The van der Waals surface area contributed by atoms with Crippen LogP contribution in [0.5, 0.6) is 0 Å². The number of unbranched alkanes of at least 4 members (excludes halogenated alkanes) is 12. The second kappa shape index (κ2) is 17.2. The van der Waals surface area contributed by atoms with Crippen LogP contribution >= 0.6 is 0 Å². The molecule has 0 heterocycles. The lowest BCUT2D eigenvalue weighted by atomic mass is 10.0. The van der Waals surface area contributed by atoms with Crippen LogP contribution in [0.1, 0.15) is 104 Å². The van der Waals surface area contributed by atoms with Crippen molar-refractivity contribution in [3.05, 3.63) is 0 Å². The number of amides is 1. The van der Waals surface area contributed by atoms with E-state index < -0.39 is 17.1 Å². The molecule has 0 bridgehead atoms. The Morgan fingerprint density at radius 3 is 1.69 bits per heavy atom. The Balaban J connectivity index is 3.93. The van der Waals surface area contributed by atoms with E-state index >= 15 is 0 Å². The molecule has 1 unspecified atom stereocenters. The summed E-state index contributed by atoms with van der Waals surface area (Å²) in [5.41, 5.74) is 0. The van der Waals surface area contributed by atoms with Gasteiger partial charge in [0, 0.05) is 0 Å². The highest BCUT2D eigenvalue weighted by Gasteiger charge is 2.34. The third-order valence-electron chi connectivity index (χ3n) is 5.60. The van der Waals surface area contributed by atoms with Gasteiger partial charge in [-0.1, -0.05) is 84.0 Å². The van der Waals surface area contributed by atoms with Crippen LogP contribution in [0.3, 0.4) is 0 Å². The predicted molar refractivity (Wildman–Crippen MR) is 114 cm³/mol. The minimum atomic E-state index is -4.87. The van der Waals surface area contributed by atoms with Crippen molar-refractivity contribution in [2.45, 2.75) is 104 Å². The summed E-state index contributed by atoms with van der Waals surface area (Å²) in [5.74, 6) is -0.187. The Morgan fingerprint density at radius 1 is 0.862 bits per heavy atom. The zero-order valence-corrected chi connectivity index (χ0v) is 19.4. The fourth-order valence-corrected chi connectivity index (χ4v) is 3.91. The fraction of sp³-hybridized carbons (Fsp3) is 0.952. The third-order valence-corrected chi connectivity index (χ3v) is 5.99. The van der Waals surface area contributed by atoms with E-state index in [1.54, 1.807) is 6.92 Å². The average Bonchev–Trinajstić information content (AvgIpc) is 2.68. The summed E-state index contributed by atoms with van der Waals surface area (Å²) < 4.78 is 36.2. The van der Waals surface area contributed by atoms with Gasteiger partial charge >= 0.3 is 5.91 Å². The molecular weight excluding hydrogens is 394 g/mol. The van der Waals surface area contributed by atoms with Crippen LogP contribution in [-0.2, 0) is 19.4 Å². The van der Waals surface area contributed by atoms with Crippen molar-refractivity contribution in [3.8, 4) is 0 Å². The number of hydrogen-bond acceptors (Lipinski definition) is 6. The number of quaternary nitrogens is 1. The van der Waals surface area contributed by atoms with Crippen molar-refractivity contribution >= 4 is 16.3 Å². The predicted octanol–water partition coefficient (Wildman–Crippen LogP) is 4.26. The van der Waals surface area contributed by atoms with E-state index in [-0.39, 0.29) is 30.1 Å². The van der Waals surface area contributed by atoms with Gasteiger partial charge in [0.15, 0.2) is 0 Å². The normalized spacial score (nSPS) is 14.1. The largest absolute Gasteiger partial charge is 0.725 e. The number of aliphatic hydroxyl groups is 1. The number of nitrogens with zero attached hydrogens (tertiary/aromatic N) is 1. The van der Waals surface area contributed by atoms with Gasteiger partial charge in [0.25, 0.3) is 0 Å². The van der Waals surface area contributed by atoms with Crippen molar-refractivity contribution < 1.29 is 31.5 Å². The first-order valence-electron chi connectivity index (χ1n) is 11.4. The number of aliphatic hydroxyl groups excluding tert-OH is 1. The number of carbonyl (C=O) groups is 1. The molecule has 174 valence electrons. The SMILES string of the molecule is CCCCCCCCCCCCCCCC(=O)[N+](CC)(CCO)COS(=O)(=O)[O-]. The minimum Gasteiger partial charge on any atom is -0.725 e. The molecule has 0 rings (SSSR count). The van der Waals surface area contributed by atoms with Crippen molar-refractivity contribution in [2.24, 2.45) is 0 Å². The Morgan fingerprint density at radius 2 is 1.31 bits per heavy atom. The number of hydrogen-bond donors (Lipinski definition) is 1. The summed E-state index contributed by atoms with van der Waals surface area (Å²) in [4.78, 5) is 12.6. The Kier molecular flexibility index (Phi) is 16.9. The first kappa shape index (κ1) is 28.5. The molecular formula is C21H43NO6S. The summed E-state index contributed by atoms with van der Waals surface area (Å²) in [6, 6.07) is 0.